The lowest BCUT2D eigenvalue weighted by Crippen LogP contribution is -2.30. The van der Waals surface area contributed by atoms with Crippen LogP contribution in [0.5, 0.6) is 5.75 Å². The van der Waals surface area contributed by atoms with Crippen LogP contribution >= 0.6 is 0 Å². The summed E-state index contributed by atoms with van der Waals surface area (Å²) in [7, 11) is 0. The summed E-state index contributed by atoms with van der Waals surface area (Å²) in [6.07, 6.45) is -10.5. The first-order chi connectivity index (χ1) is 13.8. The maximum atomic E-state index is 14.3. The lowest BCUT2D eigenvalue weighted by atomic mass is 9.81. The Morgan fingerprint density at radius 3 is 2.40 bits per heavy atom. The summed E-state index contributed by atoms with van der Waals surface area (Å²) in [4.78, 5) is 7.35. The van der Waals surface area contributed by atoms with Gasteiger partial charge in [-0.1, -0.05) is 0 Å². The van der Waals surface area contributed by atoms with Gasteiger partial charge in [0, 0.05) is 30.4 Å². The molecule has 1 unspecified atom stereocenters. The minimum atomic E-state index is -5.06. The minimum Gasteiger partial charge on any atom is -0.402 e. The van der Waals surface area contributed by atoms with E-state index in [1.165, 1.54) is 0 Å². The molecule has 2 bridgehead atoms. The number of halogens is 7. The number of fused-ring (bicyclic) bond motifs is 1. The van der Waals surface area contributed by atoms with E-state index in [9.17, 15) is 35.8 Å². The van der Waals surface area contributed by atoms with Gasteiger partial charge in [-0.2, -0.15) is 13.2 Å². The van der Waals surface area contributed by atoms with Gasteiger partial charge in [-0.05, 0) is 24.8 Å². The number of ether oxygens (including phenoxy) is 1. The highest BCUT2D eigenvalue weighted by Gasteiger charge is 2.58. The first kappa shape index (κ1) is 20.7. The fourth-order valence-electron chi connectivity index (χ4n) is 4.15. The largest absolute Gasteiger partial charge is 0.573 e. The second kappa shape index (κ2) is 6.46. The van der Waals surface area contributed by atoms with Gasteiger partial charge in [0.25, 0.3) is 0 Å². The lowest BCUT2D eigenvalue weighted by molar-refractivity contribution is -0.274. The van der Waals surface area contributed by atoms with Gasteiger partial charge < -0.3 is 20.1 Å². The number of aliphatic hydroxyl groups excluding tert-OH is 1. The fraction of sp³-hybridized carbons (Fsp3) is 0.529. The van der Waals surface area contributed by atoms with Crippen LogP contribution in [0, 0.1) is 5.92 Å². The molecule has 2 aromatic rings. The number of nitrogens with two attached hydrogens (primary N) is 1. The lowest BCUT2D eigenvalue weighted by Gasteiger charge is -2.30. The smallest absolute Gasteiger partial charge is 0.402 e. The topological polar surface area (TPSA) is 86.2 Å². The molecule has 3 fully saturated rings. The SMILES string of the molecule is Nc1ncc(-c2cn(C3CC4(F)CC3C4)c([C@@H](O)C(F)(F)F)n2)cc1OC(F)(F)F. The van der Waals surface area contributed by atoms with Gasteiger partial charge in [-0.15, -0.1) is 13.2 Å². The molecule has 6 nitrogen and oxygen atoms in total. The van der Waals surface area contributed by atoms with Crippen molar-refractivity contribution in [3.8, 4) is 17.0 Å². The predicted molar refractivity (Wildman–Crippen MR) is 87.8 cm³/mol. The normalized spacial score (nSPS) is 27.1. The number of anilines is 1. The summed E-state index contributed by atoms with van der Waals surface area (Å²) in [5.41, 5.74) is 3.60. The van der Waals surface area contributed by atoms with Gasteiger partial charge in [-0.25, -0.2) is 14.4 Å². The molecule has 2 heterocycles. The molecular formula is C17H15F7N4O2. The molecule has 5 rings (SSSR count). The van der Waals surface area contributed by atoms with E-state index in [-0.39, 0.29) is 36.4 Å². The number of alkyl halides is 7. The molecule has 0 spiro atoms. The van der Waals surface area contributed by atoms with E-state index in [1.807, 2.05) is 0 Å². The van der Waals surface area contributed by atoms with Crippen LogP contribution in [0.2, 0.25) is 0 Å². The van der Waals surface area contributed by atoms with Crippen molar-refractivity contribution in [2.24, 2.45) is 5.92 Å². The molecule has 0 radical (unpaired) electrons. The standard InChI is InChI=1S/C17H15F7N4O2/c18-15-2-8(3-15)10(4-15)28-6-9(27-14(28)12(29)16(19,20)21)7-1-11(13(25)26-5-7)30-17(22,23)24/h1,5-6,8,10,12,29H,2-4H2,(H2,25,26)/t8?,10?,12-,15?/m1/s1. The number of imidazole rings is 1. The van der Waals surface area contributed by atoms with Crippen LogP contribution in [0.15, 0.2) is 18.5 Å². The third-order valence-electron chi connectivity index (χ3n) is 5.45. The van der Waals surface area contributed by atoms with Gasteiger partial charge in [-0.3, -0.25) is 0 Å². The van der Waals surface area contributed by atoms with E-state index in [2.05, 4.69) is 14.7 Å². The Morgan fingerprint density at radius 2 is 1.87 bits per heavy atom. The Hall–Kier alpha value is -2.57. The third-order valence-corrected chi connectivity index (χ3v) is 5.45. The summed E-state index contributed by atoms with van der Waals surface area (Å²) in [6, 6.07) is 0.174. The molecule has 3 aliphatic rings. The van der Waals surface area contributed by atoms with Gasteiger partial charge in [0.05, 0.1) is 5.69 Å². The van der Waals surface area contributed by atoms with E-state index in [0.29, 0.717) is 0 Å². The quantitative estimate of drug-likeness (QED) is 0.700. The monoisotopic (exact) mass is 440 g/mol. The molecule has 3 aliphatic carbocycles. The van der Waals surface area contributed by atoms with Crippen LogP contribution in [0.4, 0.5) is 36.6 Å². The number of hydrogen-bond acceptors (Lipinski definition) is 5. The molecule has 3 N–H and O–H groups in total. The van der Waals surface area contributed by atoms with E-state index < -0.39 is 47.7 Å². The molecule has 30 heavy (non-hydrogen) atoms. The molecule has 3 saturated carbocycles. The molecule has 0 saturated heterocycles. The number of hydrogen-bond donors (Lipinski definition) is 2. The zero-order valence-corrected chi connectivity index (χ0v) is 15.0. The molecule has 13 heteroatoms. The number of pyridine rings is 1. The Morgan fingerprint density at radius 1 is 1.20 bits per heavy atom. The van der Waals surface area contributed by atoms with Gasteiger partial charge in [0.15, 0.2) is 11.6 Å². The van der Waals surface area contributed by atoms with Crippen LogP contribution in [-0.2, 0) is 0 Å². The molecule has 2 atom stereocenters. The highest BCUT2D eigenvalue weighted by atomic mass is 19.4. The van der Waals surface area contributed by atoms with Crippen LogP contribution in [-0.4, -0.2) is 37.8 Å². The van der Waals surface area contributed by atoms with Crippen LogP contribution < -0.4 is 10.5 Å². The van der Waals surface area contributed by atoms with E-state index >= 15 is 0 Å². The average molecular weight is 440 g/mol. The molecule has 0 amide bonds. The predicted octanol–water partition coefficient (Wildman–Crippen LogP) is 4.08. The highest BCUT2D eigenvalue weighted by Crippen LogP contribution is 2.60. The summed E-state index contributed by atoms with van der Waals surface area (Å²) < 4.78 is 96.2. The van der Waals surface area contributed by atoms with Crippen molar-refractivity contribution in [3.05, 3.63) is 24.3 Å². The van der Waals surface area contributed by atoms with Crippen LogP contribution in [0.25, 0.3) is 11.3 Å². The van der Waals surface area contributed by atoms with Gasteiger partial charge in [0.1, 0.15) is 11.5 Å². The molecule has 164 valence electrons. The summed E-state index contributed by atoms with van der Waals surface area (Å²) in [5.74, 6) is -2.42. The average Bonchev–Trinajstić information content (AvgIpc) is 3.23. The Balaban J connectivity index is 1.76. The maximum Gasteiger partial charge on any atom is 0.573 e. The second-order valence-electron chi connectivity index (χ2n) is 7.58. The van der Waals surface area contributed by atoms with Crippen molar-refractivity contribution in [2.75, 3.05) is 5.73 Å². The van der Waals surface area contributed by atoms with Crippen molar-refractivity contribution in [1.29, 1.82) is 0 Å². The molecule has 0 aliphatic heterocycles. The molecule has 2 aromatic heterocycles. The molecule has 0 aromatic carbocycles. The minimum absolute atomic E-state index is 0.0343. The first-order valence-electron chi connectivity index (χ1n) is 8.80. The Labute approximate surface area is 164 Å². The Bertz CT molecular complexity index is 966. The van der Waals surface area contributed by atoms with Crippen molar-refractivity contribution in [1.82, 2.24) is 14.5 Å². The van der Waals surface area contributed by atoms with Crippen molar-refractivity contribution in [3.63, 3.8) is 0 Å². The van der Waals surface area contributed by atoms with Gasteiger partial charge in [0.2, 0.25) is 6.10 Å². The molecular weight excluding hydrogens is 425 g/mol. The number of aromatic nitrogens is 3. The third kappa shape index (κ3) is 3.66. The van der Waals surface area contributed by atoms with Gasteiger partial charge >= 0.3 is 12.5 Å². The summed E-state index contributed by atoms with van der Waals surface area (Å²) >= 11 is 0. The zero-order valence-electron chi connectivity index (χ0n) is 15.0. The maximum absolute atomic E-state index is 14.3. The van der Waals surface area contributed by atoms with Crippen LogP contribution in [0.3, 0.4) is 0 Å². The number of nitrogen functional groups attached to an aromatic ring is 1. The van der Waals surface area contributed by atoms with Crippen LogP contribution in [0.1, 0.15) is 37.2 Å². The zero-order chi connectivity index (χ0) is 22.1. The number of aliphatic hydroxyl groups is 1. The van der Waals surface area contributed by atoms with E-state index in [4.69, 9.17) is 5.73 Å². The second-order valence-corrected chi connectivity index (χ2v) is 7.58. The fourth-order valence-corrected chi connectivity index (χ4v) is 4.15. The van der Waals surface area contributed by atoms with Crippen molar-refractivity contribution in [2.45, 2.75) is 49.6 Å². The number of rotatable bonds is 4. The summed E-state index contributed by atoms with van der Waals surface area (Å²) in [6.45, 7) is 0. The summed E-state index contributed by atoms with van der Waals surface area (Å²) in [5, 5.41) is 9.76. The van der Waals surface area contributed by atoms with E-state index in [1.54, 1.807) is 0 Å². The van der Waals surface area contributed by atoms with Crippen molar-refractivity contribution < 1.29 is 40.6 Å². The van der Waals surface area contributed by atoms with Crippen molar-refractivity contribution >= 4 is 5.82 Å². The van der Waals surface area contributed by atoms with E-state index in [0.717, 1.165) is 23.0 Å². The first-order valence-corrected chi connectivity index (χ1v) is 8.80. The Kier molecular flexibility index (Phi) is 4.46. The highest BCUT2D eigenvalue weighted by molar-refractivity contribution is 5.64. The number of nitrogens with zero attached hydrogens (tertiary/aromatic N) is 3.